The van der Waals surface area contributed by atoms with Gasteiger partial charge in [-0.3, -0.25) is 0 Å². The van der Waals surface area contributed by atoms with Crippen molar-refractivity contribution in [2.24, 2.45) is 0 Å². The summed E-state index contributed by atoms with van der Waals surface area (Å²) >= 11 is 0. The van der Waals surface area contributed by atoms with Crippen molar-refractivity contribution in [3.63, 3.8) is 0 Å². The average molecular weight is 142 g/mol. The fourth-order valence-electron chi connectivity index (χ4n) is 0.747. The first-order chi connectivity index (χ1) is 4.52. The maximum absolute atomic E-state index is 10.9. The molecule has 1 rings (SSSR count). The highest BCUT2D eigenvalue weighted by molar-refractivity contribution is 5.79. The number of ether oxygens (including phenoxy) is 2. The van der Waals surface area contributed by atoms with Crippen molar-refractivity contribution >= 4 is 5.97 Å². The van der Waals surface area contributed by atoms with Crippen molar-refractivity contribution in [2.75, 3.05) is 0 Å². The molecule has 0 amide bonds. The summed E-state index contributed by atoms with van der Waals surface area (Å²) in [6.07, 6.45) is 1.31. The van der Waals surface area contributed by atoms with Gasteiger partial charge in [0.05, 0.1) is 0 Å². The second-order valence-electron chi connectivity index (χ2n) is 2.75. The topological polar surface area (TPSA) is 35.5 Å². The van der Waals surface area contributed by atoms with E-state index >= 15 is 0 Å². The van der Waals surface area contributed by atoms with E-state index in [2.05, 4.69) is 4.74 Å². The van der Waals surface area contributed by atoms with Gasteiger partial charge in [0, 0.05) is 0 Å². The van der Waals surface area contributed by atoms with E-state index in [1.54, 1.807) is 20.8 Å². The predicted molar refractivity (Wildman–Crippen MR) is 35.0 cm³/mol. The zero-order chi connectivity index (χ0) is 7.78. The van der Waals surface area contributed by atoms with Crippen molar-refractivity contribution in [3.05, 3.63) is 12.0 Å². The van der Waals surface area contributed by atoms with Crippen LogP contribution in [0.25, 0.3) is 0 Å². The van der Waals surface area contributed by atoms with Crippen LogP contribution in [-0.4, -0.2) is 11.6 Å². The molecule has 0 unspecified atom stereocenters. The van der Waals surface area contributed by atoms with Gasteiger partial charge in [0.25, 0.3) is 0 Å². The quantitative estimate of drug-likeness (QED) is 0.477. The van der Waals surface area contributed by atoms with Gasteiger partial charge in [-0.2, -0.15) is 0 Å². The Kier molecular flexibility index (Phi) is 1.43. The molecule has 0 spiro atoms. The zero-order valence-corrected chi connectivity index (χ0v) is 6.30. The smallest absolute Gasteiger partial charge is 0.354 e. The van der Waals surface area contributed by atoms with Gasteiger partial charge in [-0.1, -0.05) is 0 Å². The number of cyclic esters (lactones) is 1. The number of carbonyl (C=O) groups is 1. The van der Waals surface area contributed by atoms with Crippen LogP contribution in [0.3, 0.4) is 0 Å². The minimum atomic E-state index is -0.821. The monoisotopic (exact) mass is 142 g/mol. The largest absolute Gasteiger partial charge is 0.478 e. The van der Waals surface area contributed by atoms with E-state index in [1.165, 1.54) is 6.26 Å². The summed E-state index contributed by atoms with van der Waals surface area (Å²) in [6, 6.07) is 0. The van der Waals surface area contributed by atoms with E-state index in [-0.39, 0.29) is 5.97 Å². The molecule has 10 heavy (non-hydrogen) atoms. The number of hydrogen-bond donors (Lipinski definition) is 0. The maximum atomic E-state index is 10.9. The van der Waals surface area contributed by atoms with Gasteiger partial charge < -0.3 is 9.47 Å². The molecular formula is C7H10O3. The highest BCUT2D eigenvalue weighted by atomic mass is 16.6. The summed E-state index contributed by atoms with van der Waals surface area (Å²) in [7, 11) is 0. The minimum absolute atomic E-state index is 0.349. The van der Waals surface area contributed by atoms with E-state index in [0.29, 0.717) is 5.76 Å². The Morgan fingerprint density at radius 1 is 1.50 bits per heavy atom. The molecule has 3 heteroatoms. The van der Waals surface area contributed by atoms with E-state index in [9.17, 15) is 4.79 Å². The van der Waals surface area contributed by atoms with Crippen LogP contribution in [0.1, 0.15) is 20.8 Å². The van der Waals surface area contributed by atoms with Crippen molar-refractivity contribution in [3.8, 4) is 0 Å². The van der Waals surface area contributed by atoms with E-state index in [1.807, 2.05) is 0 Å². The molecule has 3 nitrogen and oxygen atoms in total. The molecule has 0 saturated heterocycles. The number of hydrogen-bond acceptors (Lipinski definition) is 3. The van der Waals surface area contributed by atoms with E-state index < -0.39 is 5.60 Å². The first-order valence-electron chi connectivity index (χ1n) is 3.09. The number of carbonyl (C=O) groups excluding carboxylic acids is 1. The SMILES string of the molecule is CC1=COC(=O)C(C)(C)O1. The van der Waals surface area contributed by atoms with Crippen LogP contribution in [0.2, 0.25) is 0 Å². The summed E-state index contributed by atoms with van der Waals surface area (Å²) in [5.74, 6) is 0.280. The van der Waals surface area contributed by atoms with Gasteiger partial charge in [-0.15, -0.1) is 0 Å². The molecule has 0 N–H and O–H groups in total. The third-order valence-corrected chi connectivity index (χ3v) is 1.24. The molecule has 0 aromatic rings. The Morgan fingerprint density at radius 2 is 2.10 bits per heavy atom. The van der Waals surface area contributed by atoms with Crippen LogP contribution in [0.15, 0.2) is 12.0 Å². The van der Waals surface area contributed by atoms with Crippen molar-refractivity contribution in [2.45, 2.75) is 26.4 Å². The number of allylic oxidation sites excluding steroid dienone is 1. The van der Waals surface area contributed by atoms with Gasteiger partial charge in [0.2, 0.25) is 0 Å². The normalized spacial score (nSPS) is 22.7. The third-order valence-electron chi connectivity index (χ3n) is 1.24. The molecule has 0 atom stereocenters. The van der Waals surface area contributed by atoms with Crippen LogP contribution >= 0.6 is 0 Å². The highest BCUT2D eigenvalue weighted by Gasteiger charge is 2.34. The number of esters is 1. The Hall–Kier alpha value is -0.990. The Balaban J connectivity index is 2.82. The minimum Gasteiger partial charge on any atom is -0.478 e. The van der Waals surface area contributed by atoms with Crippen LogP contribution in [0.4, 0.5) is 0 Å². The Labute approximate surface area is 59.6 Å². The lowest BCUT2D eigenvalue weighted by molar-refractivity contribution is -0.163. The summed E-state index contributed by atoms with van der Waals surface area (Å²) in [6.45, 7) is 5.09. The lowest BCUT2D eigenvalue weighted by atomic mass is 10.1. The average Bonchev–Trinajstić information content (AvgIpc) is 1.78. The van der Waals surface area contributed by atoms with Crippen LogP contribution < -0.4 is 0 Å². The second-order valence-corrected chi connectivity index (χ2v) is 2.75. The van der Waals surface area contributed by atoms with Crippen molar-refractivity contribution < 1.29 is 14.3 Å². The van der Waals surface area contributed by atoms with Gasteiger partial charge in [0.1, 0.15) is 12.0 Å². The fraction of sp³-hybridized carbons (Fsp3) is 0.571. The van der Waals surface area contributed by atoms with Gasteiger partial charge in [-0.05, 0) is 20.8 Å². The molecular weight excluding hydrogens is 132 g/mol. The Morgan fingerprint density at radius 3 is 2.50 bits per heavy atom. The summed E-state index contributed by atoms with van der Waals surface area (Å²) in [5, 5.41) is 0. The van der Waals surface area contributed by atoms with Gasteiger partial charge in [-0.25, -0.2) is 4.79 Å². The molecule has 56 valence electrons. The molecule has 1 aliphatic rings. The summed E-state index contributed by atoms with van der Waals surface area (Å²) in [4.78, 5) is 10.9. The molecule has 0 fully saturated rings. The first-order valence-corrected chi connectivity index (χ1v) is 3.09. The lowest BCUT2D eigenvalue weighted by Gasteiger charge is -2.27. The van der Waals surface area contributed by atoms with Gasteiger partial charge in [0.15, 0.2) is 5.60 Å². The van der Waals surface area contributed by atoms with E-state index in [4.69, 9.17) is 4.74 Å². The first kappa shape index (κ1) is 7.12. The van der Waals surface area contributed by atoms with Crippen molar-refractivity contribution in [1.29, 1.82) is 0 Å². The molecule has 0 aromatic carbocycles. The molecule has 0 aromatic heterocycles. The van der Waals surface area contributed by atoms with Crippen LogP contribution in [-0.2, 0) is 14.3 Å². The third kappa shape index (κ3) is 1.12. The lowest BCUT2D eigenvalue weighted by Crippen LogP contribution is -2.37. The number of rotatable bonds is 0. The highest BCUT2D eigenvalue weighted by Crippen LogP contribution is 2.20. The molecule has 0 saturated carbocycles. The van der Waals surface area contributed by atoms with Crippen LogP contribution in [0, 0.1) is 0 Å². The second kappa shape index (κ2) is 2.01. The molecule has 1 heterocycles. The van der Waals surface area contributed by atoms with E-state index in [0.717, 1.165) is 0 Å². The molecule has 0 bridgehead atoms. The van der Waals surface area contributed by atoms with Crippen LogP contribution in [0.5, 0.6) is 0 Å². The zero-order valence-electron chi connectivity index (χ0n) is 6.30. The molecule has 0 aliphatic carbocycles. The Bertz CT molecular complexity index is 191. The maximum Gasteiger partial charge on any atom is 0.354 e. The molecule has 1 aliphatic heterocycles. The summed E-state index contributed by atoms with van der Waals surface area (Å²) in [5.41, 5.74) is -0.821. The van der Waals surface area contributed by atoms with Crippen molar-refractivity contribution in [1.82, 2.24) is 0 Å². The van der Waals surface area contributed by atoms with Gasteiger partial charge >= 0.3 is 5.97 Å². The standard InChI is InChI=1S/C7H10O3/c1-5-4-9-6(8)7(2,3)10-5/h4H,1-3H3. The molecule has 0 radical (unpaired) electrons. The fourth-order valence-corrected chi connectivity index (χ4v) is 0.747. The predicted octanol–water partition coefficient (Wildman–Crippen LogP) is 1.20. The summed E-state index contributed by atoms with van der Waals surface area (Å²) < 4.78 is 9.85.